The number of imidazole rings is 1. The van der Waals surface area contributed by atoms with Crippen LogP contribution in [-0.2, 0) is 13.0 Å². The van der Waals surface area contributed by atoms with Crippen LogP contribution in [0.15, 0.2) is 53.6 Å². The Morgan fingerprint density at radius 2 is 2.16 bits per heavy atom. The summed E-state index contributed by atoms with van der Waals surface area (Å²) in [5.41, 5.74) is 3.88. The normalized spacial score (nSPS) is 15.7. The number of nitrogens with zero attached hydrogens (tertiary/aromatic N) is 5. The molecule has 9 nitrogen and oxygen atoms in total. The van der Waals surface area contributed by atoms with Gasteiger partial charge in [-0.2, -0.15) is 5.10 Å². The molecule has 9 heteroatoms. The Morgan fingerprint density at radius 3 is 2.90 bits per heavy atom. The summed E-state index contributed by atoms with van der Waals surface area (Å²) < 4.78 is 12.5. The van der Waals surface area contributed by atoms with E-state index in [4.69, 9.17) is 9.26 Å². The number of aromatic nitrogens is 5. The minimum atomic E-state index is -0.323. The smallest absolute Gasteiger partial charge is 0.276 e. The highest BCUT2D eigenvalue weighted by atomic mass is 16.5. The number of nitrogens with one attached hydrogen (secondary N) is 1. The molecular formula is C22H22N6O3. The highest BCUT2D eigenvalue weighted by Crippen LogP contribution is 2.35. The minimum Gasteiger partial charge on any atom is -0.497 e. The number of hydrogen-bond donors (Lipinski definition) is 1. The van der Waals surface area contributed by atoms with Crippen molar-refractivity contribution in [2.45, 2.75) is 25.9 Å². The number of fused-ring (bicyclic) bond motifs is 1. The predicted molar refractivity (Wildman–Crippen MR) is 112 cm³/mol. The Morgan fingerprint density at radius 1 is 1.32 bits per heavy atom. The van der Waals surface area contributed by atoms with Crippen LogP contribution in [0.2, 0.25) is 0 Å². The standard InChI is InChI=1S/C22H22N6O3/c1-3-27-12-15(11-25-27)19-10-18(26-31-19)22(29)28-9-8-17-20(24-13-23-17)21(28)14-4-6-16(30-2)7-5-14/h4-7,10-13,21H,3,8-9H2,1-2H3,(H,23,24)/t21-/m1/s1. The molecule has 0 aliphatic carbocycles. The Balaban J connectivity index is 1.48. The highest BCUT2D eigenvalue weighted by molar-refractivity contribution is 5.93. The lowest BCUT2D eigenvalue weighted by Gasteiger charge is -2.34. The Bertz CT molecular complexity index is 1210. The van der Waals surface area contributed by atoms with E-state index < -0.39 is 0 Å². The van der Waals surface area contributed by atoms with Gasteiger partial charge in [0.05, 0.1) is 30.9 Å². The molecule has 0 spiro atoms. The largest absolute Gasteiger partial charge is 0.497 e. The van der Waals surface area contributed by atoms with Crippen molar-refractivity contribution in [1.29, 1.82) is 0 Å². The number of carbonyl (C=O) groups excluding carboxylic acids is 1. The molecule has 1 N–H and O–H groups in total. The van der Waals surface area contributed by atoms with E-state index in [2.05, 4.69) is 20.2 Å². The molecule has 158 valence electrons. The first-order valence-corrected chi connectivity index (χ1v) is 10.1. The summed E-state index contributed by atoms with van der Waals surface area (Å²) in [6.45, 7) is 3.30. The molecule has 0 unspecified atom stereocenters. The summed E-state index contributed by atoms with van der Waals surface area (Å²) in [5.74, 6) is 1.07. The van der Waals surface area contributed by atoms with Crippen molar-refractivity contribution < 1.29 is 14.1 Å². The van der Waals surface area contributed by atoms with Crippen LogP contribution in [-0.4, -0.2) is 49.4 Å². The second-order valence-electron chi connectivity index (χ2n) is 7.35. The topological polar surface area (TPSA) is 102 Å². The zero-order valence-corrected chi connectivity index (χ0v) is 17.3. The van der Waals surface area contributed by atoms with Crippen molar-refractivity contribution in [1.82, 2.24) is 29.8 Å². The molecule has 0 bridgehead atoms. The van der Waals surface area contributed by atoms with Gasteiger partial charge in [-0.3, -0.25) is 9.48 Å². The van der Waals surface area contributed by atoms with Crippen LogP contribution < -0.4 is 4.74 Å². The fraction of sp³-hybridized carbons (Fsp3) is 0.273. The quantitative estimate of drug-likeness (QED) is 0.534. The van der Waals surface area contributed by atoms with Crippen molar-refractivity contribution >= 4 is 5.91 Å². The number of rotatable bonds is 5. The zero-order valence-electron chi connectivity index (χ0n) is 17.3. The molecule has 1 aliphatic rings. The van der Waals surface area contributed by atoms with Gasteiger partial charge in [0.15, 0.2) is 11.5 Å². The lowest BCUT2D eigenvalue weighted by molar-refractivity contribution is 0.0680. The van der Waals surface area contributed by atoms with E-state index in [1.54, 1.807) is 35.3 Å². The summed E-state index contributed by atoms with van der Waals surface area (Å²) in [6.07, 6.45) is 5.94. The minimum absolute atomic E-state index is 0.202. The van der Waals surface area contributed by atoms with Crippen molar-refractivity contribution in [2.75, 3.05) is 13.7 Å². The molecule has 0 radical (unpaired) electrons. The van der Waals surface area contributed by atoms with Gasteiger partial charge in [-0.15, -0.1) is 0 Å². The second-order valence-corrected chi connectivity index (χ2v) is 7.35. The molecule has 1 aromatic carbocycles. The lowest BCUT2D eigenvalue weighted by atomic mass is 9.95. The van der Waals surface area contributed by atoms with Crippen LogP contribution in [0.5, 0.6) is 5.75 Å². The third kappa shape index (κ3) is 3.37. The van der Waals surface area contributed by atoms with Gasteiger partial charge < -0.3 is 19.1 Å². The molecule has 1 aliphatic heterocycles. The van der Waals surface area contributed by atoms with E-state index in [1.807, 2.05) is 37.4 Å². The van der Waals surface area contributed by atoms with Gasteiger partial charge in [-0.25, -0.2) is 4.98 Å². The van der Waals surface area contributed by atoms with E-state index in [-0.39, 0.29) is 17.6 Å². The number of H-pyrrole nitrogens is 1. The average molecular weight is 418 g/mol. The second kappa shape index (κ2) is 7.75. The van der Waals surface area contributed by atoms with E-state index in [9.17, 15) is 4.79 Å². The molecule has 31 heavy (non-hydrogen) atoms. The molecule has 1 atom stereocenters. The van der Waals surface area contributed by atoms with Gasteiger partial charge in [0.2, 0.25) is 0 Å². The van der Waals surface area contributed by atoms with Crippen LogP contribution in [0.4, 0.5) is 0 Å². The molecular weight excluding hydrogens is 396 g/mol. The van der Waals surface area contributed by atoms with Crippen molar-refractivity contribution in [3.63, 3.8) is 0 Å². The number of methoxy groups -OCH3 is 1. The fourth-order valence-corrected chi connectivity index (χ4v) is 3.94. The first-order valence-electron chi connectivity index (χ1n) is 10.1. The van der Waals surface area contributed by atoms with Crippen molar-refractivity contribution in [3.05, 3.63) is 71.7 Å². The number of aromatic amines is 1. The molecule has 4 aromatic rings. The molecule has 5 rings (SSSR count). The number of benzene rings is 1. The van der Waals surface area contributed by atoms with Crippen molar-refractivity contribution in [2.24, 2.45) is 0 Å². The summed E-state index contributed by atoms with van der Waals surface area (Å²) >= 11 is 0. The maximum atomic E-state index is 13.5. The summed E-state index contributed by atoms with van der Waals surface area (Å²) in [4.78, 5) is 23.0. The van der Waals surface area contributed by atoms with Crippen LogP contribution in [0, 0.1) is 0 Å². The van der Waals surface area contributed by atoms with Gasteiger partial charge in [0.1, 0.15) is 11.8 Å². The van der Waals surface area contributed by atoms with E-state index >= 15 is 0 Å². The molecule has 0 saturated heterocycles. The van der Waals surface area contributed by atoms with E-state index in [0.29, 0.717) is 18.7 Å². The molecule has 3 aromatic heterocycles. The third-order valence-electron chi connectivity index (χ3n) is 5.59. The third-order valence-corrected chi connectivity index (χ3v) is 5.59. The van der Waals surface area contributed by atoms with Crippen LogP contribution >= 0.6 is 0 Å². The SMILES string of the molecule is CCn1cc(-c2cc(C(=O)N3CCc4[nH]cnc4[C@H]3c3ccc(OC)cc3)no2)cn1. The first-order chi connectivity index (χ1) is 15.2. The molecule has 4 heterocycles. The van der Waals surface area contributed by atoms with Crippen molar-refractivity contribution in [3.8, 4) is 17.1 Å². The molecule has 0 fully saturated rings. The zero-order chi connectivity index (χ0) is 21.4. The average Bonchev–Trinajstić information content (AvgIpc) is 3.57. The Hall–Kier alpha value is -3.88. The van der Waals surface area contributed by atoms with Crippen LogP contribution in [0.3, 0.4) is 0 Å². The molecule has 1 amide bonds. The number of amides is 1. The first kappa shape index (κ1) is 19.1. The summed E-state index contributed by atoms with van der Waals surface area (Å²) in [7, 11) is 1.63. The van der Waals surface area contributed by atoms with Gasteiger partial charge in [0, 0.05) is 37.5 Å². The van der Waals surface area contributed by atoms with Gasteiger partial charge in [-0.05, 0) is 24.6 Å². The van der Waals surface area contributed by atoms with Gasteiger partial charge >= 0.3 is 0 Å². The Labute approximate surface area is 178 Å². The molecule has 0 saturated carbocycles. The maximum Gasteiger partial charge on any atom is 0.276 e. The van der Waals surface area contributed by atoms with Crippen LogP contribution in [0.1, 0.15) is 40.4 Å². The maximum absolute atomic E-state index is 13.5. The summed E-state index contributed by atoms with van der Waals surface area (Å²) in [6, 6.07) is 9.04. The fourth-order valence-electron chi connectivity index (χ4n) is 3.94. The number of hydrogen-bond acceptors (Lipinski definition) is 6. The number of ether oxygens (including phenoxy) is 1. The summed E-state index contributed by atoms with van der Waals surface area (Å²) in [5, 5.41) is 8.30. The van der Waals surface area contributed by atoms with Gasteiger partial charge in [-0.1, -0.05) is 17.3 Å². The van der Waals surface area contributed by atoms with E-state index in [0.717, 1.165) is 34.8 Å². The highest BCUT2D eigenvalue weighted by Gasteiger charge is 2.35. The van der Waals surface area contributed by atoms with E-state index in [1.165, 1.54) is 0 Å². The Kier molecular flexibility index (Phi) is 4.78. The van der Waals surface area contributed by atoms with Crippen LogP contribution in [0.25, 0.3) is 11.3 Å². The predicted octanol–water partition coefficient (Wildman–Crippen LogP) is 3.08. The van der Waals surface area contributed by atoms with Gasteiger partial charge in [0.25, 0.3) is 5.91 Å². The lowest BCUT2D eigenvalue weighted by Crippen LogP contribution is -2.40. The monoisotopic (exact) mass is 418 g/mol. The number of carbonyl (C=O) groups is 1. The number of aryl methyl sites for hydroxylation is 1.